The van der Waals surface area contributed by atoms with Crippen LogP contribution in [0.3, 0.4) is 0 Å². The number of nitrogens with zero attached hydrogens (tertiary/aromatic N) is 2. The molecule has 1 saturated carbocycles. The zero-order chi connectivity index (χ0) is 15.2. The van der Waals surface area contributed by atoms with Gasteiger partial charge in [0.25, 0.3) is 0 Å². The molecular formula is C17H33N3. The molecule has 0 amide bonds. The Labute approximate surface area is 125 Å². The normalized spacial score (nSPS) is 26.6. The SMILES string of the molecule is CCNC1(C#N)CCCC1CCN(CC(C)C)C(C)C. The van der Waals surface area contributed by atoms with Gasteiger partial charge < -0.3 is 4.90 Å². The molecule has 1 rings (SSSR count). The molecule has 1 aliphatic carbocycles. The molecule has 2 unspecified atom stereocenters. The fraction of sp³-hybridized carbons (Fsp3) is 0.941. The molecule has 1 aliphatic rings. The van der Waals surface area contributed by atoms with Crippen molar-refractivity contribution in [2.45, 2.75) is 71.9 Å². The van der Waals surface area contributed by atoms with Crippen LogP contribution < -0.4 is 5.32 Å². The van der Waals surface area contributed by atoms with Crippen molar-refractivity contribution in [1.29, 1.82) is 5.26 Å². The van der Waals surface area contributed by atoms with E-state index in [2.05, 4.69) is 50.9 Å². The lowest BCUT2D eigenvalue weighted by Crippen LogP contribution is -2.48. The van der Waals surface area contributed by atoms with Crippen LogP contribution in [-0.4, -0.2) is 36.1 Å². The van der Waals surface area contributed by atoms with Gasteiger partial charge in [0, 0.05) is 12.6 Å². The Morgan fingerprint density at radius 3 is 2.55 bits per heavy atom. The number of hydrogen-bond donors (Lipinski definition) is 1. The van der Waals surface area contributed by atoms with Crippen LogP contribution in [0.1, 0.15) is 60.3 Å². The summed E-state index contributed by atoms with van der Waals surface area (Å²) in [4.78, 5) is 2.57. The van der Waals surface area contributed by atoms with Gasteiger partial charge in [-0.1, -0.05) is 27.2 Å². The summed E-state index contributed by atoms with van der Waals surface area (Å²) in [7, 11) is 0. The molecule has 0 aromatic carbocycles. The van der Waals surface area contributed by atoms with Crippen molar-refractivity contribution in [3.05, 3.63) is 0 Å². The smallest absolute Gasteiger partial charge is 0.109 e. The lowest BCUT2D eigenvalue weighted by Gasteiger charge is -2.33. The van der Waals surface area contributed by atoms with Crippen molar-refractivity contribution in [2.75, 3.05) is 19.6 Å². The summed E-state index contributed by atoms with van der Waals surface area (Å²) >= 11 is 0. The molecule has 2 atom stereocenters. The second kappa shape index (κ2) is 8.00. The summed E-state index contributed by atoms with van der Waals surface area (Å²) in [5.41, 5.74) is -0.255. The van der Waals surface area contributed by atoms with Crippen molar-refractivity contribution >= 4 is 0 Å². The number of nitriles is 1. The van der Waals surface area contributed by atoms with Crippen molar-refractivity contribution in [1.82, 2.24) is 10.2 Å². The molecule has 0 aromatic rings. The van der Waals surface area contributed by atoms with Gasteiger partial charge in [0.15, 0.2) is 0 Å². The molecule has 0 aromatic heterocycles. The van der Waals surface area contributed by atoms with Crippen LogP contribution in [0.25, 0.3) is 0 Å². The molecule has 1 fully saturated rings. The van der Waals surface area contributed by atoms with Gasteiger partial charge in [-0.3, -0.25) is 5.32 Å². The summed E-state index contributed by atoms with van der Waals surface area (Å²) in [6, 6.07) is 3.18. The van der Waals surface area contributed by atoms with Crippen LogP contribution in [0.15, 0.2) is 0 Å². The first kappa shape index (κ1) is 17.5. The van der Waals surface area contributed by atoms with E-state index in [9.17, 15) is 5.26 Å². The second-order valence-corrected chi connectivity index (χ2v) is 6.97. The van der Waals surface area contributed by atoms with Gasteiger partial charge in [0.1, 0.15) is 5.54 Å². The van der Waals surface area contributed by atoms with Crippen LogP contribution in [0.4, 0.5) is 0 Å². The van der Waals surface area contributed by atoms with Crippen molar-refractivity contribution < 1.29 is 0 Å². The monoisotopic (exact) mass is 279 g/mol. The summed E-state index contributed by atoms with van der Waals surface area (Å²) in [5.74, 6) is 1.22. The summed E-state index contributed by atoms with van der Waals surface area (Å²) < 4.78 is 0. The first-order chi connectivity index (χ1) is 9.45. The second-order valence-electron chi connectivity index (χ2n) is 6.97. The Kier molecular flexibility index (Phi) is 6.99. The van der Waals surface area contributed by atoms with E-state index < -0.39 is 0 Å². The highest BCUT2D eigenvalue weighted by Crippen LogP contribution is 2.37. The fourth-order valence-electron chi connectivity index (χ4n) is 3.55. The predicted octanol–water partition coefficient (Wildman–Crippen LogP) is 3.41. The van der Waals surface area contributed by atoms with Gasteiger partial charge in [-0.2, -0.15) is 5.26 Å². The Morgan fingerprint density at radius 1 is 1.35 bits per heavy atom. The fourth-order valence-corrected chi connectivity index (χ4v) is 3.55. The minimum atomic E-state index is -0.255. The lowest BCUT2D eigenvalue weighted by atomic mass is 9.85. The van der Waals surface area contributed by atoms with E-state index in [1.54, 1.807) is 0 Å². The molecule has 3 heteroatoms. The van der Waals surface area contributed by atoms with Crippen LogP contribution in [0.2, 0.25) is 0 Å². The quantitative estimate of drug-likeness (QED) is 0.740. The first-order valence-corrected chi connectivity index (χ1v) is 8.35. The van der Waals surface area contributed by atoms with Gasteiger partial charge in [0.05, 0.1) is 6.07 Å². The molecule has 0 spiro atoms. The van der Waals surface area contributed by atoms with Gasteiger partial charge >= 0.3 is 0 Å². The minimum absolute atomic E-state index is 0.255. The van der Waals surface area contributed by atoms with E-state index in [-0.39, 0.29) is 5.54 Å². The van der Waals surface area contributed by atoms with Crippen molar-refractivity contribution in [2.24, 2.45) is 11.8 Å². The molecule has 0 saturated heterocycles. The van der Waals surface area contributed by atoms with Gasteiger partial charge in [-0.15, -0.1) is 0 Å². The maximum Gasteiger partial charge on any atom is 0.109 e. The zero-order valence-electron chi connectivity index (χ0n) is 14.1. The Morgan fingerprint density at radius 2 is 2.05 bits per heavy atom. The van der Waals surface area contributed by atoms with Crippen molar-refractivity contribution in [3.8, 4) is 6.07 Å². The third-order valence-electron chi connectivity index (χ3n) is 4.61. The number of rotatable bonds is 8. The Bertz CT molecular complexity index is 319. The van der Waals surface area contributed by atoms with E-state index >= 15 is 0 Å². The van der Waals surface area contributed by atoms with E-state index in [0.29, 0.717) is 17.9 Å². The van der Waals surface area contributed by atoms with Gasteiger partial charge in [0.2, 0.25) is 0 Å². The topological polar surface area (TPSA) is 39.1 Å². The Hall–Kier alpha value is -0.590. The average molecular weight is 279 g/mol. The molecule has 1 N–H and O–H groups in total. The average Bonchev–Trinajstić information content (AvgIpc) is 2.77. The molecule has 116 valence electrons. The van der Waals surface area contributed by atoms with Crippen molar-refractivity contribution in [3.63, 3.8) is 0 Å². The van der Waals surface area contributed by atoms with Crippen LogP contribution in [0, 0.1) is 23.2 Å². The number of hydrogen-bond acceptors (Lipinski definition) is 3. The standard InChI is InChI=1S/C17H33N3/c1-6-19-17(13-18)10-7-8-16(17)9-11-20(15(4)5)12-14(2)3/h14-16,19H,6-12H2,1-5H3. The van der Waals surface area contributed by atoms with E-state index in [0.717, 1.165) is 32.5 Å². The van der Waals surface area contributed by atoms with Crippen LogP contribution in [0.5, 0.6) is 0 Å². The molecule has 0 heterocycles. The predicted molar refractivity (Wildman–Crippen MR) is 85.5 cm³/mol. The third-order valence-corrected chi connectivity index (χ3v) is 4.61. The zero-order valence-corrected chi connectivity index (χ0v) is 14.1. The summed E-state index contributed by atoms with van der Waals surface area (Å²) in [5, 5.41) is 13.1. The number of nitrogens with one attached hydrogen (secondary N) is 1. The summed E-state index contributed by atoms with van der Waals surface area (Å²) in [6.07, 6.45) is 4.56. The molecule has 0 bridgehead atoms. The molecular weight excluding hydrogens is 246 g/mol. The van der Waals surface area contributed by atoms with Gasteiger partial charge in [-0.25, -0.2) is 0 Å². The molecule has 20 heavy (non-hydrogen) atoms. The van der Waals surface area contributed by atoms with Crippen LogP contribution >= 0.6 is 0 Å². The highest BCUT2D eigenvalue weighted by atomic mass is 15.1. The largest absolute Gasteiger partial charge is 0.301 e. The Balaban J connectivity index is 2.60. The lowest BCUT2D eigenvalue weighted by molar-refractivity contribution is 0.172. The van der Waals surface area contributed by atoms with E-state index in [1.807, 2.05) is 0 Å². The first-order valence-electron chi connectivity index (χ1n) is 8.35. The van der Waals surface area contributed by atoms with E-state index in [1.165, 1.54) is 12.8 Å². The maximum atomic E-state index is 9.61. The molecule has 0 aliphatic heterocycles. The molecule has 0 radical (unpaired) electrons. The highest BCUT2D eigenvalue weighted by molar-refractivity contribution is 5.14. The van der Waals surface area contributed by atoms with Crippen LogP contribution in [-0.2, 0) is 0 Å². The molecule has 3 nitrogen and oxygen atoms in total. The highest BCUT2D eigenvalue weighted by Gasteiger charge is 2.42. The minimum Gasteiger partial charge on any atom is -0.301 e. The third kappa shape index (κ3) is 4.46. The van der Waals surface area contributed by atoms with E-state index in [4.69, 9.17) is 0 Å². The maximum absolute atomic E-state index is 9.61. The summed E-state index contributed by atoms with van der Waals surface area (Å²) in [6.45, 7) is 14.4. The van der Waals surface area contributed by atoms with Gasteiger partial charge in [-0.05, 0) is 58.0 Å².